The van der Waals surface area contributed by atoms with Gasteiger partial charge >= 0.3 is 0 Å². The lowest BCUT2D eigenvalue weighted by molar-refractivity contribution is -0.115. The molecular formula is C16H23ClFN3O4S. The molecular weight excluding hydrogens is 385 g/mol. The molecule has 2 fully saturated rings. The van der Waals surface area contributed by atoms with Crippen LogP contribution in [0, 0.1) is 11.7 Å². The monoisotopic (exact) mass is 407 g/mol. The van der Waals surface area contributed by atoms with Crippen LogP contribution in [0.25, 0.3) is 0 Å². The molecule has 1 saturated carbocycles. The van der Waals surface area contributed by atoms with E-state index in [1.807, 2.05) is 0 Å². The van der Waals surface area contributed by atoms with Gasteiger partial charge in [0.1, 0.15) is 10.7 Å². The van der Waals surface area contributed by atoms with Crippen LogP contribution < -0.4 is 10.6 Å². The van der Waals surface area contributed by atoms with E-state index in [4.69, 9.17) is 4.74 Å². The largest absolute Gasteiger partial charge is 0.379 e. The maximum atomic E-state index is 14.1. The molecule has 1 aliphatic heterocycles. The zero-order valence-electron chi connectivity index (χ0n) is 14.2. The molecule has 1 heterocycles. The first-order valence-corrected chi connectivity index (χ1v) is 9.79. The van der Waals surface area contributed by atoms with Crippen molar-refractivity contribution in [3.8, 4) is 0 Å². The summed E-state index contributed by atoms with van der Waals surface area (Å²) < 4.78 is 45.6. The van der Waals surface area contributed by atoms with E-state index in [9.17, 15) is 17.6 Å². The minimum atomic E-state index is -3.96. The first kappa shape index (κ1) is 21.0. The fourth-order valence-corrected chi connectivity index (χ4v) is 4.12. The van der Waals surface area contributed by atoms with Gasteiger partial charge in [-0.15, -0.1) is 12.4 Å². The number of amides is 1. The number of carbonyl (C=O) groups is 1. The summed E-state index contributed by atoms with van der Waals surface area (Å²) in [4.78, 5) is 11.5. The quantitative estimate of drug-likeness (QED) is 0.709. The number of carbonyl (C=O) groups excluding carboxylic acids is 1. The molecule has 0 atom stereocenters. The van der Waals surface area contributed by atoms with Gasteiger partial charge in [-0.2, -0.15) is 4.31 Å². The molecule has 0 bridgehead atoms. The summed E-state index contributed by atoms with van der Waals surface area (Å²) in [5, 5.41) is 5.65. The highest BCUT2D eigenvalue weighted by atomic mass is 35.5. The Kier molecular flexibility index (Phi) is 7.36. The third kappa shape index (κ3) is 5.37. The minimum Gasteiger partial charge on any atom is -0.379 e. The second-order valence-electron chi connectivity index (χ2n) is 6.28. The Balaban J connectivity index is 0.00000243. The molecule has 2 aliphatic rings. The highest BCUT2D eigenvalue weighted by molar-refractivity contribution is 7.89. The molecule has 1 saturated heterocycles. The number of morpholine rings is 1. The van der Waals surface area contributed by atoms with Gasteiger partial charge in [0, 0.05) is 18.8 Å². The summed E-state index contributed by atoms with van der Waals surface area (Å²) in [5.41, 5.74) is 0.256. The summed E-state index contributed by atoms with van der Waals surface area (Å²) in [6, 6.07) is 3.58. The van der Waals surface area contributed by atoms with Crippen molar-refractivity contribution in [2.45, 2.75) is 17.7 Å². The number of halogens is 2. The lowest BCUT2D eigenvalue weighted by Crippen LogP contribution is -2.41. The second-order valence-corrected chi connectivity index (χ2v) is 8.19. The topological polar surface area (TPSA) is 87.7 Å². The van der Waals surface area contributed by atoms with Crippen LogP contribution in [0.5, 0.6) is 0 Å². The van der Waals surface area contributed by atoms with Crippen LogP contribution >= 0.6 is 12.4 Å². The number of hydrogen-bond acceptors (Lipinski definition) is 5. The van der Waals surface area contributed by atoms with Gasteiger partial charge < -0.3 is 15.4 Å². The third-order valence-electron chi connectivity index (χ3n) is 4.22. The SMILES string of the molecule is Cl.O=C(CNCC1CC1)Nc1ccc(F)c(S(=O)(=O)N2CCOCC2)c1. The Morgan fingerprint density at radius 3 is 2.62 bits per heavy atom. The van der Waals surface area contributed by atoms with Gasteiger partial charge in [-0.3, -0.25) is 4.79 Å². The van der Waals surface area contributed by atoms with Gasteiger partial charge in [0.25, 0.3) is 0 Å². The molecule has 1 amide bonds. The zero-order chi connectivity index (χ0) is 17.9. The molecule has 26 heavy (non-hydrogen) atoms. The van der Waals surface area contributed by atoms with Crippen LogP contribution in [-0.2, 0) is 19.6 Å². The molecule has 1 aromatic carbocycles. The zero-order valence-corrected chi connectivity index (χ0v) is 15.9. The van der Waals surface area contributed by atoms with E-state index in [-0.39, 0.29) is 56.8 Å². The smallest absolute Gasteiger partial charge is 0.246 e. The molecule has 0 unspecified atom stereocenters. The van der Waals surface area contributed by atoms with Crippen LogP contribution in [0.1, 0.15) is 12.8 Å². The van der Waals surface area contributed by atoms with Crippen molar-refractivity contribution in [2.24, 2.45) is 5.92 Å². The van der Waals surface area contributed by atoms with Gasteiger partial charge in [0.05, 0.1) is 19.8 Å². The molecule has 0 radical (unpaired) electrons. The lowest BCUT2D eigenvalue weighted by Gasteiger charge is -2.26. The molecule has 3 rings (SSSR count). The summed E-state index contributed by atoms with van der Waals surface area (Å²) in [6.07, 6.45) is 2.38. The van der Waals surface area contributed by atoms with Gasteiger partial charge in [-0.05, 0) is 43.5 Å². The van der Waals surface area contributed by atoms with Gasteiger partial charge in [-0.1, -0.05) is 0 Å². The number of nitrogens with one attached hydrogen (secondary N) is 2. The molecule has 1 aliphatic carbocycles. The molecule has 7 nitrogen and oxygen atoms in total. The van der Waals surface area contributed by atoms with Gasteiger partial charge in [0.2, 0.25) is 15.9 Å². The molecule has 10 heteroatoms. The highest BCUT2D eigenvalue weighted by Gasteiger charge is 2.29. The first-order valence-electron chi connectivity index (χ1n) is 8.35. The minimum absolute atomic E-state index is 0. The Hall–Kier alpha value is -1.26. The van der Waals surface area contributed by atoms with E-state index in [0.29, 0.717) is 5.92 Å². The van der Waals surface area contributed by atoms with Crippen LogP contribution in [-0.4, -0.2) is 58.0 Å². The summed E-state index contributed by atoms with van der Waals surface area (Å²) >= 11 is 0. The predicted molar refractivity (Wildman–Crippen MR) is 97.4 cm³/mol. The number of rotatable bonds is 7. The predicted octanol–water partition coefficient (Wildman–Crippen LogP) is 1.21. The fraction of sp³-hybridized carbons (Fsp3) is 0.562. The van der Waals surface area contributed by atoms with Gasteiger partial charge in [0.15, 0.2) is 0 Å². The summed E-state index contributed by atoms with van der Waals surface area (Å²) in [6.45, 7) is 1.87. The second kappa shape index (κ2) is 9.09. The number of benzene rings is 1. The fourth-order valence-electron chi connectivity index (χ4n) is 2.62. The third-order valence-corrected chi connectivity index (χ3v) is 6.13. The molecule has 0 spiro atoms. The molecule has 146 valence electrons. The lowest BCUT2D eigenvalue weighted by atomic mass is 10.3. The van der Waals surface area contributed by atoms with E-state index >= 15 is 0 Å². The number of hydrogen-bond donors (Lipinski definition) is 2. The number of sulfonamides is 1. The average Bonchev–Trinajstić information content (AvgIpc) is 3.41. The van der Waals surface area contributed by atoms with E-state index in [0.717, 1.165) is 12.6 Å². The van der Waals surface area contributed by atoms with Crippen molar-refractivity contribution in [3.63, 3.8) is 0 Å². The Labute approximate surface area is 158 Å². The molecule has 0 aromatic heterocycles. The maximum absolute atomic E-state index is 14.1. The van der Waals surface area contributed by atoms with Crippen molar-refractivity contribution >= 4 is 34.0 Å². The van der Waals surface area contributed by atoms with Crippen LogP contribution in [0.4, 0.5) is 10.1 Å². The van der Waals surface area contributed by atoms with Crippen molar-refractivity contribution < 1.29 is 22.3 Å². The summed E-state index contributed by atoms with van der Waals surface area (Å²) in [5.74, 6) is -0.470. The van der Waals surface area contributed by atoms with Crippen LogP contribution in [0.2, 0.25) is 0 Å². The van der Waals surface area contributed by atoms with Crippen LogP contribution in [0.3, 0.4) is 0 Å². The normalized spacial score (nSPS) is 18.2. The average molecular weight is 408 g/mol. The highest BCUT2D eigenvalue weighted by Crippen LogP contribution is 2.27. The van der Waals surface area contributed by atoms with Crippen LogP contribution in [0.15, 0.2) is 23.1 Å². The number of nitrogens with zero attached hydrogens (tertiary/aromatic N) is 1. The van der Waals surface area contributed by atoms with Crippen molar-refractivity contribution in [1.29, 1.82) is 0 Å². The summed E-state index contributed by atoms with van der Waals surface area (Å²) in [7, 11) is -3.96. The van der Waals surface area contributed by atoms with E-state index < -0.39 is 20.7 Å². The number of anilines is 1. The Morgan fingerprint density at radius 1 is 1.27 bits per heavy atom. The molecule has 1 aromatic rings. The first-order chi connectivity index (χ1) is 12.0. The standard InChI is InChI=1S/C16H22FN3O4S.ClH/c17-14-4-3-13(19-16(21)11-18-10-12-1-2-12)9-15(14)25(22,23)20-5-7-24-8-6-20;/h3-4,9,12,18H,1-2,5-8,10-11H2,(H,19,21);1H. The maximum Gasteiger partial charge on any atom is 0.246 e. The Bertz CT molecular complexity index is 737. The van der Waals surface area contributed by atoms with Crippen molar-refractivity contribution in [2.75, 3.05) is 44.7 Å². The van der Waals surface area contributed by atoms with Crippen molar-refractivity contribution in [1.82, 2.24) is 9.62 Å². The van der Waals surface area contributed by atoms with Gasteiger partial charge in [-0.25, -0.2) is 12.8 Å². The number of ether oxygens (including phenoxy) is 1. The molecule has 2 N–H and O–H groups in total. The van der Waals surface area contributed by atoms with E-state index in [2.05, 4.69) is 10.6 Å². The Morgan fingerprint density at radius 2 is 1.96 bits per heavy atom. The van der Waals surface area contributed by atoms with E-state index in [1.54, 1.807) is 0 Å². The van der Waals surface area contributed by atoms with E-state index in [1.165, 1.54) is 29.3 Å². The van der Waals surface area contributed by atoms with Crippen molar-refractivity contribution in [3.05, 3.63) is 24.0 Å².